The van der Waals surface area contributed by atoms with Gasteiger partial charge in [-0.05, 0) is 104 Å². The van der Waals surface area contributed by atoms with E-state index in [9.17, 15) is 29.4 Å². The van der Waals surface area contributed by atoms with Crippen molar-refractivity contribution >= 4 is 46.2 Å². The fourth-order valence-electron chi connectivity index (χ4n) is 7.29. The van der Waals surface area contributed by atoms with Crippen LogP contribution in [0.5, 0.6) is 0 Å². The molecule has 0 bridgehead atoms. The molecule has 2 atom stereocenters. The van der Waals surface area contributed by atoms with Gasteiger partial charge >= 0.3 is 0 Å². The number of terminal acetylenes is 1. The van der Waals surface area contributed by atoms with E-state index in [4.69, 9.17) is 17.9 Å². The monoisotopic (exact) mass is 886 g/mol. The molecule has 16 nitrogen and oxygen atoms in total. The average molecular weight is 887 g/mol. The van der Waals surface area contributed by atoms with Crippen LogP contribution < -0.4 is 11.5 Å². The number of nitrogens with two attached hydrogens (primary N) is 2. The number of pyridine rings is 2. The number of hydrogen-bond acceptors (Lipinski definition) is 10. The van der Waals surface area contributed by atoms with Gasteiger partial charge in [0.25, 0.3) is 23.6 Å². The lowest BCUT2D eigenvalue weighted by Gasteiger charge is -2.14. The summed E-state index contributed by atoms with van der Waals surface area (Å²) in [7, 11) is 3.26. The number of primary amides is 2. The Morgan fingerprint density at radius 1 is 0.772 bits per heavy atom. The van der Waals surface area contributed by atoms with Gasteiger partial charge in [0.05, 0.1) is 11.4 Å². The number of rotatable bonds is 4. The standard InChI is InChI=1S/C20H21N5O3.C13H13IN4O.C7H9NO2/c1-24-11-9-20(28,19(24)27)8-6-13-12-14(7-10-22-13)25-16-5-3-2-4-15(16)17(23-25)18(21)26;14-11-7-8(5-6-16-11)18-10-4-2-1-3-9(10)12(17-18)13(15)19;1-3-7(10)4-5-8(2)6(7)9/h7,10,12,28H,2-5,9,11H2,1H3,(H2,21,26);5-7H,1-4H2,(H2,15,19);1,10H,4-5H2,2H3/t20-;;7-/m0.0/s1. The number of nitrogens with zero attached hydrogens (tertiary/aromatic N) is 8. The first-order chi connectivity index (χ1) is 27.2. The molecule has 4 aliphatic rings. The molecule has 17 heteroatoms. The maximum Gasteiger partial charge on any atom is 0.269 e. The van der Waals surface area contributed by atoms with Crippen molar-refractivity contribution in [3.63, 3.8) is 0 Å². The fourth-order valence-corrected chi connectivity index (χ4v) is 7.77. The molecule has 0 aromatic carbocycles. The minimum absolute atomic E-state index is 0.268. The summed E-state index contributed by atoms with van der Waals surface area (Å²) >= 11 is 2.16. The van der Waals surface area contributed by atoms with Crippen LogP contribution >= 0.6 is 22.6 Å². The Hall–Kier alpha value is -5.63. The van der Waals surface area contributed by atoms with Crippen molar-refractivity contribution < 1.29 is 29.4 Å². The van der Waals surface area contributed by atoms with E-state index < -0.39 is 28.9 Å². The van der Waals surface area contributed by atoms with E-state index in [1.807, 2.05) is 16.8 Å². The van der Waals surface area contributed by atoms with E-state index in [0.29, 0.717) is 42.3 Å². The number of carbonyl (C=O) groups is 4. The second kappa shape index (κ2) is 16.8. The van der Waals surface area contributed by atoms with Gasteiger partial charge in [-0.25, -0.2) is 14.3 Å². The Labute approximate surface area is 343 Å². The minimum Gasteiger partial charge on any atom is -0.369 e. The molecule has 4 amide bonds. The SMILES string of the molecule is C#C[C@]1(O)CCN(C)C1=O.CN1CC[C@@](O)(C#Cc2cc(-n3nc(C(N)=O)c4c3CCCC4)ccn2)C1=O.NC(=O)c1nn(-c2ccnc(I)c2)c2c1CCCC2. The van der Waals surface area contributed by atoms with Crippen LogP contribution in [0.15, 0.2) is 36.7 Å². The smallest absolute Gasteiger partial charge is 0.269 e. The van der Waals surface area contributed by atoms with E-state index >= 15 is 0 Å². The van der Waals surface area contributed by atoms with Gasteiger partial charge < -0.3 is 31.5 Å². The highest BCUT2D eigenvalue weighted by atomic mass is 127. The molecule has 0 unspecified atom stereocenters. The van der Waals surface area contributed by atoms with Crippen molar-refractivity contribution in [2.75, 3.05) is 27.2 Å². The molecule has 8 rings (SSSR count). The number of likely N-dealkylation sites (tertiary alicyclic amines) is 2. The van der Waals surface area contributed by atoms with Crippen molar-refractivity contribution in [1.82, 2.24) is 39.3 Å². The largest absolute Gasteiger partial charge is 0.369 e. The van der Waals surface area contributed by atoms with Crippen LogP contribution in [0.1, 0.15) is 87.7 Å². The highest BCUT2D eigenvalue weighted by molar-refractivity contribution is 14.1. The molecule has 296 valence electrons. The summed E-state index contributed by atoms with van der Waals surface area (Å²) in [5.41, 5.74) is 14.6. The third kappa shape index (κ3) is 8.55. The molecular weight excluding hydrogens is 843 g/mol. The van der Waals surface area contributed by atoms with Crippen LogP contribution in [0.3, 0.4) is 0 Å². The number of aromatic nitrogens is 6. The zero-order valence-electron chi connectivity index (χ0n) is 31.7. The fraction of sp³-hybridized carbons (Fsp3) is 0.400. The van der Waals surface area contributed by atoms with Gasteiger partial charge in [0.15, 0.2) is 11.4 Å². The molecule has 2 aliphatic carbocycles. The summed E-state index contributed by atoms with van der Waals surface area (Å²) < 4.78 is 4.47. The van der Waals surface area contributed by atoms with E-state index in [-0.39, 0.29) is 12.3 Å². The van der Waals surface area contributed by atoms with Gasteiger partial charge in [0, 0.05) is 74.9 Å². The molecule has 2 aliphatic heterocycles. The van der Waals surface area contributed by atoms with Crippen LogP contribution in [0.25, 0.3) is 11.4 Å². The minimum atomic E-state index is -1.67. The quantitative estimate of drug-likeness (QED) is 0.130. The zero-order valence-corrected chi connectivity index (χ0v) is 33.8. The normalized spacial score (nSPS) is 20.8. The summed E-state index contributed by atoms with van der Waals surface area (Å²) in [6.07, 6.45) is 16.6. The number of amides is 4. The third-order valence-electron chi connectivity index (χ3n) is 10.4. The highest BCUT2D eigenvalue weighted by Crippen LogP contribution is 2.29. The molecule has 0 saturated carbocycles. The Kier molecular flexibility index (Phi) is 12.1. The molecule has 6 N–H and O–H groups in total. The predicted molar refractivity (Wildman–Crippen MR) is 216 cm³/mol. The number of hydrogen-bond donors (Lipinski definition) is 4. The van der Waals surface area contributed by atoms with E-state index in [1.165, 1.54) is 9.80 Å². The average Bonchev–Trinajstić information content (AvgIpc) is 3.94. The molecular formula is C40H43IN10O6. The summed E-state index contributed by atoms with van der Waals surface area (Å²) in [6.45, 7) is 1.01. The van der Waals surface area contributed by atoms with E-state index in [0.717, 1.165) is 83.3 Å². The highest BCUT2D eigenvalue weighted by Gasteiger charge is 2.43. The molecule has 0 spiro atoms. The topological polar surface area (TPSA) is 229 Å². The van der Waals surface area contributed by atoms with Crippen LogP contribution in [-0.4, -0.2) is 112 Å². The molecule has 0 radical (unpaired) electrons. The lowest BCUT2D eigenvalue weighted by atomic mass is 9.95. The van der Waals surface area contributed by atoms with Crippen LogP contribution in [0.2, 0.25) is 0 Å². The Balaban J connectivity index is 0.000000162. The van der Waals surface area contributed by atoms with Gasteiger partial charge in [-0.15, -0.1) is 6.42 Å². The Morgan fingerprint density at radius 2 is 1.25 bits per heavy atom. The maximum atomic E-state index is 12.1. The lowest BCUT2D eigenvalue weighted by Crippen LogP contribution is -2.37. The number of halogens is 1. The van der Waals surface area contributed by atoms with Gasteiger partial charge in [-0.2, -0.15) is 10.2 Å². The number of carbonyl (C=O) groups excluding carboxylic acids is 4. The zero-order chi connectivity index (χ0) is 41.1. The number of likely N-dealkylation sites (N-methyl/N-ethyl adjacent to an activating group) is 2. The molecule has 6 heterocycles. The number of fused-ring (bicyclic) bond motifs is 2. The molecule has 4 aromatic rings. The van der Waals surface area contributed by atoms with E-state index in [1.54, 1.807) is 43.3 Å². The van der Waals surface area contributed by atoms with Crippen LogP contribution in [0, 0.1) is 27.9 Å². The van der Waals surface area contributed by atoms with Crippen molar-refractivity contribution in [3.8, 4) is 35.6 Å². The van der Waals surface area contributed by atoms with Crippen LogP contribution in [0.4, 0.5) is 0 Å². The maximum absolute atomic E-state index is 12.1. The van der Waals surface area contributed by atoms with Crippen molar-refractivity contribution in [2.24, 2.45) is 11.5 Å². The van der Waals surface area contributed by atoms with Crippen molar-refractivity contribution in [3.05, 3.63) is 80.0 Å². The predicted octanol–water partition coefficient (Wildman–Crippen LogP) is 1.25. The second-order valence-corrected chi connectivity index (χ2v) is 15.4. The lowest BCUT2D eigenvalue weighted by molar-refractivity contribution is -0.138. The van der Waals surface area contributed by atoms with Gasteiger partial charge in [0.1, 0.15) is 9.39 Å². The summed E-state index contributed by atoms with van der Waals surface area (Å²) in [5, 5.41) is 28.6. The first-order valence-electron chi connectivity index (χ1n) is 18.5. The first kappa shape index (κ1) is 41.0. The van der Waals surface area contributed by atoms with Gasteiger partial charge in [-0.3, -0.25) is 24.2 Å². The Morgan fingerprint density at radius 3 is 1.68 bits per heavy atom. The van der Waals surface area contributed by atoms with Crippen molar-refractivity contribution in [2.45, 2.75) is 75.4 Å². The molecule has 2 saturated heterocycles. The Bertz CT molecular complexity index is 2360. The molecule has 4 aromatic heterocycles. The van der Waals surface area contributed by atoms with Crippen molar-refractivity contribution in [1.29, 1.82) is 0 Å². The first-order valence-corrected chi connectivity index (χ1v) is 19.6. The van der Waals surface area contributed by atoms with Gasteiger partial charge in [0.2, 0.25) is 11.2 Å². The summed E-state index contributed by atoms with van der Waals surface area (Å²) in [6, 6.07) is 7.36. The van der Waals surface area contributed by atoms with Crippen LogP contribution in [-0.2, 0) is 35.3 Å². The number of aliphatic hydroxyl groups is 2. The second-order valence-electron chi connectivity index (χ2n) is 14.3. The molecule has 2 fully saturated rings. The van der Waals surface area contributed by atoms with Gasteiger partial charge in [-0.1, -0.05) is 11.8 Å². The summed E-state index contributed by atoms with van der Waals surface area (Å²) in [4.78, 5) is 57.6. The van der Waals surface area contributed by atoms with E-state index in [2.05, 4.69) is 60.5 Å². The third-order valence-corrected chi connectivity index (χ3v) is 11.0. The summed E-state index contributed by atoms with van der Waals surface area (Å²) in [5.74, 6) is 5.82. The molecule has 57 heavy (non-hydrogen) atoms.